The van der Waals surface area contributed by atoms with Crippen LogP contribution in [0.15, 0.2) is 30.3 Å². The van der Waals surface area contributed by atoms with Crippen molar-refractivity contribution in [2.45, 2.75) is 51.9 Å². The number of benzene rings is 2. The summed E-state index contributed by atoms with van der Waals surface area (Å²) < 4.78 is 35.1. The molecular weight excluding hydrogens is 502 g/mol. The van der Waals surface area contributed by atoms with Crippen LogP contribution in [-0.4, -0.2) is 54.8 Å². The number of nitrogens with one attached hydrogen (secondary N) is 1. The van der Waals surface area contributed by atoms with Gasteiger partial charge in [-0.2, -0.15) is 0 Å². The van der Waals surface area contributed by atoms with Gasteiger partial charge in [-0.1, -0.05) is 25.7 Å². The second-order valence-electron chi connectivity index (χ2n) is 9.82. The van der Waals surface area contributed by atoms with Crippen molar-refractivity contribution in [1.29, 1.82) is 0 Å². The standard InChI is InChI=1S/C26H30F2N2O6Si/c1-5-36-17-6-7-18-15(12-17)10-11-30(26(35)21(31)8-9-22(32)33)23(18)25(34)29-16-13-19(27)24(20(28)14-16)37(2,3)4/h6-7,12-14,23H,5,8-11H2,1-4H3,(H,29,34)(H,32,33)/t23-/m1/s1. The predicted molar refractivity (Wildman–Crippen MR) is 136 cm³/mol. The van der Waals surface area contributed by atoms with E-state index in [2.05, 4.69) is 5.32 Å². The van der Waals surface area contributed by atoms with E-state index >= 15 is 0 Å². The first-order valence-electron chi connectivity index (χ1n) is 11.9. The van der Waals surface area contributed by atoms with Gasteiger partial charge in [0, 0.05) is 23.8 Å². The molecule has 2 aromatic carbocycles. The molecule has 8 nitrogen and oxygen atoms in total. The second kappa shape index (κ2) is 11.2. The largest absolute Gasteiger partial charge is 0.494 e. The topological polar surface area (TPSA) is 113 Å². The molecule has 1 atom stereocenters. The number of carboxylic acid groups (broad SMARTS) is 1. The second-order valence-corrected chi connectivity index (χ2v) is 14.8. The first-order valence-corrected chi connectivity index (χ1v) is 15.4. The van der Waals surface area contributed by atoms with Crippen LogP contribution in [0.25, 0.3) is 0 Å². The normalized spacial score (nSPS) is 15.1. The highest BCUT2D eigenvalue weighted by Crippen LogP contribution is 2.34. The molecule has 11 heteroatoms. The molecule has 1 heterocycles. The van der Waals surface area contributed by atoms with Gasteiger partial charge in [0.15, 0.2) is 0 Å². The SMILES string of the molecule is CCOc1ccc2c(c1)CCN(C(=O)C(=O)CCC(=O)O)[C@H]2C(=O)Nc1cc(F)c([Si](C)(C)C)c(F)c1. The quantitative estimate of drug-likeness (QED) is 0.378. The number of rotatable bonds is 9. The summed E-state index contributed by atoms with van der Waals surface area (Å²) in [5.74, 6) is -4.88. The van der Waals surface area contributed by atoms with Crippen molar-refractivity contribution in [2.24, 2.45) is 0 Å². The highest BCUT2D eigenvalue weighted by molar-refractivity contribution is 6.88. The van der Waals surface area contributed by atoms with E-state index in [1.807, 2.05) is 6.92 Å². The van der Waals surface area contributed by atoms with Crippen molar-refractivity contribution in [3.05, 3.63) is 53.1 Å². The lowest BCUT2D eigenvalue weighted by Crippen LogP contribution is -2.48. The number of carbonyl (C=O) groups excluding carboxylic acids is 3. The van der Waals surface area contributed by atoms with Crippen LogP contribution in [0.5, 0.6) is 5.75 Å². The van der Waals surface area contributed by atoms with Gasteiger partial charge in [-0.25, -0.2) is 8.78 Å². The number of carboxylic acids is 1. The Bertz CT molecular complexity index is 1220. The summed E-state index contributed by atoms with van der Waals surface area (Å²) in [4.78, 5) is 50.8. The van der Waals surface area contributed by atoms with Crippen molar-refractivity contribution in [3.8, 4) is 5.75 Å². The zero-order valence-electron chi connectivity index (χ0n) is 21.2. The van der Waals surface area contributed by atoms with Gasteiger partial charge < -0.3 is 20.1 Å². The molecule has 2 aromatic rings. The number of hydrogen-bond acceptors (Lipinski definition) is 5. The van der Waals surface area contributed by atoms with E-state index in [4.69, 9.17) is 9.84 Å². The Hall–Kier alpha value is -3.60. The molecule has 0 radical (unpaired) electrons. The van der Waals surface area contributed by atoms with Crippen LogP contribution in [0.3, 0.4) is 0 Å². The van der Waals surface area contributed by atoms with Crippen molar-refractivity contribution >= 4 is 42.5 Å². The molecule has 0 saturated heterocycles. The predicted octanol–water partition coefficient (Wildman–Crippen LogP) is 3.41. The molecule has 0 saturated carbocycles. The Morgan fingerprint density at radius 1 is 1.08 bits per heavy atom. The summed E-state index contributed by atoms with van der Waals surface area (Å²) in [5.41, 5.74) is 1.04. The van der Waals surface area contributed by atoms with Gasteiger partial charge in [0.2, 0.25) is 5.78 Å². The van der Waals surface area contributed by atoms with Crippen LogP contribution in [0.2, 0.25) is 19.6 Å². The molecule has 0 aliphatic carbocycles. The minimum absolute atomic E-state index is 0.00952. The van der Waals surface area contributed by atoms with Gasteiger partial charge in [-0.3, -0.25) is 19.2 Å². The Balaban J connectivity index is 1.98. The smallest absolute Gasteiger partial charge is 0.303 e. The zero-order valence-corrected chi connectivity index (χ0v) is 22.2. The maximum Gasteiger partial charge on any atom is 0.303 e. The number of aliphatic carboxylic acids is 1. The molecule has 2 N–H and O–H groups in total. The van der Waals surface area contributed by atoms with Crippen LogP contribution in [-0.2, 0) is 25.6 Å². The number of hydrogen-bond donors (Lipinski definition) is 2. The summed E-state index contributed by atoms with van der Waals surface area (Å²) in [6.07, 6.45) is -0.707. The number of halogens is 2. The molecule has 2 amide bonds. The van der Waals surface area contributed by atoms with Crippen molar-refractivity contribution in [2.75, 3.05) is 18.5 Å². The van der Waals surface area contributed by atoms with Gasteiger partial charge in [0.05, 0.1) is 21.1 Å². The third-order valence-electron chi connectivity index (χ3n) is 6.03. The molecule has 0 aromatic heterocycles. The van der Waals surface area contributed by atoms with E-state index in [-0.39, 0.29) is 17.4 Å². The van der Waals surface area contributed by atoms with Crippen LogP contribution < -0.4 is 15.2 Å². The van der Waals surface area contributed by atoms with Crippen molar-refractivity contribution in [1.82, 2.24) is 4.90 Å². The van der Waals surface area contributed by atoms with E-state index in [1.165, 1.54) is 0 Å². The molecule has 0 bridgehead atoms. The number of nitrogens with zero attached hydrogens (tertiary/aromatic N) is 1. The molecule has 3 rings (SSSR count). The van der Waals surface area contributed by atoms with Crippen molar-refractivity contribution < 1.29 is 37.8 Å². The molecule has 1 aliphatic rings. The number of fused-ring (bicyclic) bond motifs is 1. The minimum atomic E-state index is -2.34. The maximum atomic E-state index is 14.8. The number of Topliss-reactive ketones (excluding diaryl/α,β-unsaturated/α-hetero) is 1. The highest BCUT2D eigenvalue weighted by atomic mass is 28.3. The van der Waals surface area contributed by atoms with Crippen LogP contribution >= 0.6 is 0 Å². The number of ether oxygens (including phenoxy) is 1. The van der Waals surface area contributed by atoms with E-state index in [0.29, 0.717) is 24.3 Å². The third kappa shape index (κ3) is 6.40. The fraction of sp³-hybridized carbons (Fsp3) is 0.385. The van der Waals surface area contributed by atoms with E-state index in [9.17, 15) is 28.0 Å². The van der Waals surface area contributed by atoms with Gasteiger partial charge in [-0.05, 0) is 48.7 Å². The monoisotopic (exact) mass is 532 g/mol. The Labute approximate surface area is 214 Å². The number of anilines is 1. The van der Waals surface area contributed by atoms with E-state index < -0.39 is 62.2 Å². The number of ketones is 1. The van der Waals surface area contributed by atoms with E-state index in [0.717, 1.165) is 22.6 Å². The molecule has 0 unspecified atom stereocenters. The number of carbonyl (C=O) groups is 4. The molecular formula is C26H30F2N2O6Si. The van der Waals surface area contributed by atoms with Crippen molar-refractivity contribution in [3.63, 3.8) is 0 Å². The fourth-order valence-electron chi connectivity index (χ4n) is 4.42. The van der Waals surface area contributed by atoms with Crippen LogP contribution in [0.4, 0.5) is 14.5 Å². The first-order chi connectivity index (χ1) is 17.3. The maximum absolute atomic E-state index is 14.8. The van der Waals surface area contributed by atoms with Crippen LogP contribution in [0, 0.1) is 11.6 Å². The molecule has 198 valence electrons. The average Bonchev–Trinajstić information content (AvgIpc) is 2.79. The van der Waals surface area contributed by atoms with Gasteiger partial charge in [0.25, 0.3) is 11.8 Å². The lowest BCUT2D eigenvalue weighted by atomic mass is 9.91. The Morgan fingerprint density at radius 2 is 1.73 bits per heavy atom. The van der Waals surface area contributed by atoms with Gasteiger partial charge in [0.1, 0.15) is 23.4 Å². The molecule has 0 spiro atoms. The highest BCUT2D eigenvalue weighted by Gasteiger charge is 2.38. The lowest BCUT2D eigenvalue weighted by molar-refractivity contribution is -0.149. The summed E-state index contributed by atoms with van der Waals surface area (Å²) in [6.45, 7) is 7.66. The van der Waals surface area contributed by atoms with E-state index in [1.54, 1.807) is 37.8 Å². The Kier molecular flexibility index (Phi) is 8.47. The summed E-state index contributed by atoms with van der Waals surface area (Å²) in [6, 6.07) is 5.80. The summed E-state index contributed by atoms with van der Waals surface area (Å²) in [7, 11) is -2.34. The number of amides is 2. The average molecular weight is 533 g/mol. The summed E-state index contributed by atoms with van der Waals surface area (Å²) in [5, 5.41) is 11.4. The summed E-state index contributed by atoms with van der Waals surface area (Å²) >= 11 is 0. The first kappa shape index (κ1) is 28.0. The fourth-order valence-corrected chi connectivity index (χ4v) is 6.00. The Morgan fingerprint density at radius 3 is 2.30 bits per heavy atom. The van der Waals surface area contributed by atoms with Crippen LogP contribution in [0.1, 0.15) is 36.9 Å². The molecule has 0 fully saturated rings. The molecule has 37 heavy (non-hydrogen) atoms. The lowest BCUT2D eigenvalue weighted by Gasteiger charge is -2.36. The molecule has 1 aliphatic heterocycles. The third-order valence-corrected chi connectivity index (χ3v) is 8.00. The zero-order chi connectivity index (χ0) is 27.5. The van der Waals surface area contributed by atoms with Gasteiger partial charge >= 0.3 is 5.97 Å². The minimum Gasteiger partial charge on any atom is -0.494 e. The van der Waals surface area contributed by atoms with Gasteiger partial charge in [-0.15, -0.1) is 0 Å².